The van der Waals surface area contributed by atoms with Gasteiger partial charge in [0.2, 0.25) is 11.8 Å². The number of halogens is 1. The van der Waals surface area contributed by atoms with E-state index in [1.807, 2.05) is 31.2 Å². The molecule has 2 heterocycles. The zero-order valence-corrected chi connectivity index (χ0v) is 17.8. The molecule has 0 spiro atoms. The summed E-state index contributed by atoms with van der Waals surface area (Å²) >= 11 is 1.13. The van der Waals surface area contributed by atoms with Crippen molar-refractivity contribution in [2.45, 2.75) is 24.9 Å². The molecular weight excluding hydrogens is 419 g/mol. The lowest BCUT2D eigenvalue weighted by Crippen LogP contribution is -2.33. The van der Waals surface area contributed by atoms with E-state index in [4.69, 9.17) is 4.74 Å². The lowest BCUT2D eigenvalue weighted by atomic mass is 10.2. The molecule has 0 saturated carbocycles. The SMILES string of the molecule is CCOc1ccc(-c2nnc(SCC(=O)N3CCCC3=O)n2-c2ccccc2F)cc1. The molecule has 1 aliphatic rings. The van der Waals surface area contributed by atoms with Crippen molar-refractivity contribution in [3.05, 3.63) is 54.3 Å². The van der Waals surface area contributed by atoms with E-state index in [-0.39, 0.29) is 23.3 Å². The van der Waals surface area contributed by atoms with Gasteiger partial charge >= 0.3 is 0 Å². The average Bonchev–Trinajstić information content (AvgIpc) is 3.39. The second-order valence-electron chi connectivity index (χ2n) is 6.88. The highest BCUT2D eigenvalue weighted by Crippen LogP contribution is 2.30. The minimum Gasteiger partial charge on any atom is -0.494 e. The Hall–Kier alpha value is -3.20. The summed E-state index contributed by atoms with van der Waals surface area (Å²) in [5.74, 6) is 0.313. The number of benzene rings is 2. The molecule has 0 atom stereocenters. The van der Waals surface area contributed by atoms with Gasteiger partial charge in [0.1, 0.15) is 11.6 Å². The highest BCUT2D eigenvalue weighted by atomic mass is 32.2. The minimum atomic E-state index is -0.433. The normalized spacial score (nSPS) is 13.6. The Bertz CT molecular complexity index is 1100. The van der Waals surface area contributed by atoms with Crippen LogP contribution in [0.1, 0.15) is 19.8 Å². The first-order valence-corrected chi connectivity index (χ1v) is 11.0. The van der Waals surface area contributed by atoms with Crippen LogP contribution in [0.2, 0.25) is 0 Å². The molecule has 1 fully saturated rings. The monoisotopic (exact) mass is 440 g/mol. The van der Waals surface area contributed by atoms with Gasteiger partial charge in [-0.3, -0.25) is 19.1 Å². The fourth-order valence-corrected chi connectivity index (χ4v) is 4.20. The van der Waals surface area contributed by atoms with Crippen molar-refractivity contribution in [3.63, 3.8) is 0 Å². The third-order valence-electron chi connectivity index (χ3n) is 4.85. The van der Waals surface area contributed by atoms with Crippen LogP contribution in [0, 0.1) is 5.82 Å². The van der Waals surface area contributed by atoms with Gasteiger partial charge in [-0.1, -0.05) is 23.9 Å². The van der Waals surface area contributed by atoms with Crippen LogP contribution < -0.4 is 4.74 Å². The maximum atomic E-state index is 14.7. The van der Waals surface area contributed by atoms with Gasteiger partial charge in [0.15, 0.2) is 11.0 Å². The fourth-order valence-electron chi connectivity index (χ4n) is 3.38. The van der Waals surface area contributed by atoms with E-state index in [9.17, 15) is 14.0 Å². The number of likely N-dealkylation sites (tertiary alicyclic amines) is 1. The molecule has 4 rings (SSSR count). The second kappa shape index (κ2) is 9.30. The van der Waals surface area contributed by atoms with Crippen molar-refractivity contribution < 1.29 is 18.7 Å². The molecule has 7 nitrogen and oxygen atoms in total. The van der Waals surface area contributed by atoms with Crippen LogP contribution >= 0.6 is 11.8 Å². The predicted molar refractivity (Wildman–Crippen MR) is 115 cm³/mol. The van der Waals surface area contributed by atoms with Gasteiger partial charge in [-0.2, -0.15) is 0 Å². The van der Waals surface area contributed by atoms with Gasteiger partial charge in [0.05, 0.1) is 18.0 Å². The molecule has 3 aromatic rings. The summed E-state index contributed by atoms with van der Waals surface area (Å²) < 4.78 is 21.7. The van der Waals surface area contributed by atoms with Crippen molar-refractivity contribution in [1.82, 2.24) is 19.7 Å². The highest BCUT2D eigenvalue weighted by molar-refractivity contribution is 7.99. The van der Waals surface area contributed by atoms with Gasteiger partial charge < -0.3 is 4.74 Å². The summed E-state index contributed by atoms with van der Waals surface area (Å²) in [6.45, 7) is 2.90. The summed E-state index contributed by atoms with van der Waals surface area (Å²) in [5, 5.41) is 8.84. The Morgan fingerprint density at radius 2 is 1.94 bits per heavy atom. The maximum Gasteiger partial charge on any atom is 0.239 e. The van der Waals surface area contributed by atoms with Crippen LogP contribution in [0.15, 0.2) is 53.7 Å². The van der Waals surface area contributed by atoms with Crippen molar-refractivity contribution in [2.24, 2.45) is 0 Å². The Balaban J connectivity index is 1.66. The molecule has 1 aliphatic heterocycles. The first kappa shape index (κ1) is 21.0. The van der Waals surface area contributed by atoms with E-state index in [1.165, 1.54) is 11.0 Å². The largest absolute Gasteiger partial charge is 0.494 e. The van der Waals surface area contributed by atoms with Crippen LogP contribution in [0.25, 0.3) is 17.1 Å². The zero-order valence-electron chi connectivity index (χ0n) is 17.0. The third-order valence-corrected chi connectivity index (χ3v) is 5.76. The summed E-state index contributed by atoms with van der Waals surface area (Å²) in [6.07, 6.45) is 1.08. The molecular formula is C22H21FN4O3S. The van der Waals surface area contributed by atoms with Gasteiger partial charge in [-0.05, 0) is 49.7 Å². The Morgan fingerprint density at radius 3 is 2.61 bits per heavy atom. The lowest BCUT2D eigenvalue weighted by molar-refractivity contribution is -0.140. The van der Waals surface area contributed by atoms with E-state index < -0.39 is 5.82 Å². The molecule has 0 radical (unpaired) electrons. The van der Waals surface area contributed by atoms with Gasteiger partial charge in [-0.25, -0.2) is 4.39 Å². The number of thioether (sulfide) groups is 1. The number of rotatable bonds is 7. The smallest absolute Gasteiger partial charge is 0.239 e. The average molecular weight is 441 g/mol. The molecule has 2 aromatic carbocycles. The van der Waals surface area contributed by atoms with Crippen LogP contribution in [-0.2, 0) is 9.59 Å². The standard InChI is InChI=1S/C22H21FN4O3S/c1-2-30-16-11-9-15(10-12-16)21-24-25-22(27(21)18-7-4-3-6-17(18)23)31-14-20(29)26-13-5-8-19(26)28/h3-4,6-7,9-12H,2,5,8,13-14H2,1H3. The van der Waals surface area contributed by atoms with Crippen LogP contribution in [0.4, 0.5) is 4.39 Å². The van der Waals surface area contributed by atoms with Crippen LogP contribution in [0.5, 0.6) is 5.75 Å². The van der Waals surface area contributed by atoms with Crippen molar-refractivity contribution in [2.75, 3.05) is 18.9 Å². The van der Waals surface area contributed by atoms with E-state index in [0.717, 1.165) is 23.1 Å². The van der Waals surface area contributed by atoms with E-state index in [1.54, 1.807) is 22.8 Å². The maximum absolute atomic E-state index is 14.7. The number of hydrogen-bond donors (Lipinski definition) is 0. The summed E-state index contributed by atoms with van der Waals surface area (Å²) in [7, 11) is 0. The number of para-hydroxylation sites is 1. The topological polar surface area (TPSA) is 77.3 Å². The first-order valence-electron chi connectivity index (χ1n) is 9.98. The molecule has 0 bridgehead atoms. The van der Waals surface area contributed by atoms with E-state index in [2.05, 4.69) is 10.2 Å². The molecule has 2 amide bonds. The molecule has 0 unspecified atom stereocenters. The number of ether oxygens (including phenoxy) is 1. The van der Waals surface area contributed by atoms with E-state index >= 15 is 0 Å². The Morgan fingerprint density at radius 1 is 1.16 bits per heavy atom. The molecule has 31 heavy (non-hydrogen) atoms. The van der Waals surface area contributed by atoms with Crippen molar-refractivity contribution in [1.29, 1.82) is 0 Å². The number of imide groups is 1. The molecule has 0 N–H and O–H groups in total. The number of carbonyl (C=O) groups excluding carboxylic acids is 2. The minimum absolute atomic E-state index is 0.0155. The second-order valence-corrected chi connectivity index (χ2v) is 7.82. The number of amides is 2. The van der Waals surface area contributed by atoms with E-state index in [0.29, 0.717) is 37.0 Å². The fraction of sp³-hybridized carbons (Fsp3) is 0.273. The molecule has 0 aliphatic carbocycles. The lowest BCUT2D eigenvalue weighted by Gasteiger charge is -2.14. The predicted octanol–water partition coefficient (Wildman–Crippen LogP) is 3.71. The highest BCUT2D eigenvalue weighted by Gasteiger charge is 2.27. The number of nitrogens with zero attached hydrogens (tertiary/aromatic N) is 4. The molecule has 160 valence electrons. The van der Waals surface area contributed by atoms with Gasteiger partial charge in [-0.15, -0.1) is 10.2 Å². The van der Waals surface area contributed by atoms with Crippen molar-refractivity contribution >= 4 is 23.6 Å². The molecule has 1 saturated heterocycles. The van der Waals surface area contributed by atoms with Crippen molar-refractivity contribution in [3.8, 4) is 22.8 Å². The number of aromatic nitrogens is 3. The van der Waals surface area contributed by atoms with Crippen LogP contribution in [-0.4, -0.2) is 50.4 Å². The number of hydrogen-bond acceptors (Lipinski definition) is 6. The summed E-state index contributed by atoms with van der Waals surface area (Å²) in [6, 6.07) is 13.6. The zero-order chi connectivity index (χ0) is 21.8. The quantitative estimate of drug-likeness (QED) is 0.521. The molecule has 1 aromatic heterocycles. The summed E-state index contributed by atoms with van der Waals surface area (Å²) in [4.78, 5) is 25.6. The number of carbonyl (C=O) groups is 2. The molecule has 9 heteroatoms. The van der Waals surface area contributed by atoms with Gasteiger partial charge in [0, 0.05) is 18.5 Å². The Kier molecular flexibility index (Phi) is 6.31. The van der Waals surface area contributed by atoms with Gasteiger partial charge in [0.25, 0.3) is 0 Å². The van der Waals surface area contributed by atoms with Crippen LogP contribution in [0.3, 0.4) is 0 Å². The summed E-state index contributed by atoms with van der Waals surface area (Å²) in [5.41, 5.74) is 1.01. The Labute approximate surface area is 183 Å². The first-order chi connectivity index (χ1) is 15.1. The third kappa shape index (κ3) is 4.46.